The van der Waals surface area contributed by atoms with E-state index in [-0.39, 0.29) is 6.04 Å². The lowest BCUT2D eigenvalue weighted by molar-refractivity contribution is 0.349. The molecule has 0 saturated carbocycles. The van der Waals surface area contributed by atoms with E-state index in [1.807, 2.05) is 13.0 Å². The summed E-state index contributed by atoms with van der Waals surface area (Å²) in [7, 11) is 4.76. The Bertz CT molecular complexity index is 599. The Kier molecular flexibility index (Phi) is 4.41. The molecular weight excluding hydrogens is 278 g/mol. The van der Waals surface area contributed by atoms with Crippen LogP contribution in [0.5, 0.6) is 17.2 Å². The third-order valence-electron chi connectivity index (χ3n) is 2.77. The SMILES string of the molecule is COc1cc(OC)c(-c2nnc(C(C)N)s2)cc1OC. The van der Waals surface area contributed by atoms with Crippen LogP contribution in [0, 0.1) is 0 Å². The summed E-state index contributed by atoms with van der Waals surface area (Å²) in [5.74, 6) is 1.86. The topological polar surface area (TPSA) is 79.5 Å². The van der Waals surface area contributed by atoms with Crippen LogP contribution >= 0.6 is 11.3 Å². The van der Waals surface area contributed by atoms with E-state index in [0.717, 1.165) is 15.6 Å². The van der Waals surface area contributed by atoms with E-state index >= 15 is 0 Å². The molecule has 1 unspecified atom stereocenters. The molecule has 20 heavy (non-hydrogen) atoms. The molecule has 0 radical (unpaired) electrons. The quantitative estimate of drug-likeness (QED) is 0.911. The van der Waals surface area contributed by atoms with Gasteiger partial charge in [-0.1, -0.05) is 11.3 Å². The smallest absolute Gasteiger partial charge is 0.164 e. The fraction of sp³-hybridized carbons (Fsp3) is 0.385. The maximum absolute atomic E-state index is 5.81. The number of nitrogens with zero attached hydrogens (tertiary/aromatic N) is 2. The van der Waals surface area contributed by atoms with Crippen molar-refractivity contribution in [1.82, 2.24) is 10.2 Å². The number of nitrogens with two attached hydrogens (primary N) is 1. The Balaban J connectivity index is 2.53. The molecule has 0 amide bonds. The minimum Gasteiger partial charge on any atom is -0.496 e. The number of benzene rings is 1. The summed E-state index contributed by atoms with van der Waals surface area (Å²) in [5, 5.41) is 9.75. The zero-order valence-corrected chi connectivity index (χ0v) is 12.7. The monoisotopic (exact) mass is 295 g/mol. The van der Waals surface area contributed by atoms with Crippen molar-refractivity contribution in [2.24, 2.45) is 5.73 Å². The first-order valence-electron chi connectivity index (χ1n) is 6.00. The summed E-state index contributed by atoms with van der Waals surface area (Å²) in [6.45, 7) is 1.87. The third-order valence-corrected chi connectivity index (χ3v) is 3.92. The van der Waals surface area contributed by atoms with Crippen LogP contribution in [0.4, 0.5) is 0 Å². The van der Waals surface area contributed by atoms with Gasteiger partial charge in [0.25, 0.3) is 0 Å². The van der Waals surface area contributed by atoms with Gasteiger partial charge in [0.15, 0.2) is 16.5 Å². The molecule has 108 valence electrons. The number of ether oxygens (including phenoxy) is 3. The largest absolute Gasteiger partial charge is 0.496 e. The number of methoxy groups -OCH3 is 3. The van der Waals surface area contributed by atoms with Gasteiger partial charge in [-0.25, -0.2) is 0 Å². The van der Waals surface area contributed by atoms with Crippen LogP contribution in [0.15, 0.2) is 12.1 Å². The van der Waals surface area contributed by atoms with Crippen LogP contribution < -0.4 is 19.9 Å². The van der Waals surface area contributed by atoms with E-state index in [9.17, 15) is 0 Å². The highest BCUT2D eigenvalue weighted by molar-refractivity contribution is 7.14. The standard InChI is InChI=1S/C13H17N3O3S/c1-7(14)12-15-16-13(20-12)8-5-10(18-3)11(19-4)6-9(8)17-2/h5-7H,14H2,1-4H3. The van der Waals surface area contributed by atoms with Gasteiger partial charge in [0, 0.05) is 6.07 Å². The van der Waals surface area contributed by atoms with Crippen molar-refractivity contribution in [3.05, 3.63) is 17.1 Å². The predicted octanol–water partition coefficient (Wildman–Crippen LogP) is 2.25. The second-order valence-corrected chi connectivity index (χ2v) is 5.15. The molecular formula is C13H17N3O3S. The van der Waals surface area contributed by atoms with Gasteiger partial charge < -0.3 is 19.9 Å². The van der Waals surface area contributed by atoms with Crippen molar-refractivity contribution >= 4 is 11.3 Å². The van der Waals surface area contributed by atoms with Crippen LogP contribution in [0.2, 0.25) is 0 Å². The normalized spacial score (nSPS) is 12.1. The Hall–Kier alpha value is -1.86. The minimum atomic E-state index is -0.146. The first kappa shape index (κ1) is 14.5. The average Bonchev–Trinajstić information content (AvgIpc) is 2.95. The maximum atomic E-state index is 5.81. The summed E-state index contributed by atoms with van der Waals surface area (Å²) in [5.41, 5.74) is 6.61. The summed E-state index contributed by atoms with van der Waals surface area (Å²) in [6, 6.07) is 3.44. The van der Waals surface area contributed by atoms with E-state index in [4.69, 9.17) is 19.9 Å². The van der Waals surface area contributed by atoms with Crippen molar-refractivity contribution in [3.8, 4) is 27.8 Å². The highest BCUT2D eigenvalue weighted by Crippen LogP contribution is 2.41. The molecule has 2 N–H and O–H groups in total. The molecule has 0 aliphatic rings. The van der Waals surface area contributed by atoms with Gasteiger partial charge in [-0.15, -0.1) is 10.2 Å². The van der Waals surface area contributed by atoms with Crippen molar-refractivity contribution in [2.75, 3.05) is 21.3 Å². The van der Waals surface area contributed by atoms with Gasteiger partial charge >= 0.3 is 0 Å². The molecule has 2 rings (SSSR count). The molecule has 0 bridgehead atoms. The highest BCUT2D eigenvalue weighted by Gasteiger charge is 2.17. The lowest BCUT2D eigenvalue weighted by Gasteiger charge is -2.12. The molecule has 0 aliphatic carbocycles. The van der Waals surface area contributed by atoms with Gasteiger partial charge in [0.1, 0.15) is 10.8 Å². The zero-order valence-electron chi connectivity index (χ0n) is 11.8. The minimum absolute atomic E-state index is 0.146. The Morgan fingerprint density at radius 1 is 1.00 bits per heavy atom. The van der Waals surface area contributed by atoms with Crippen molar-refractivity contribution in [2.45, 2.75) is 13.0 Å². The van der Waals surface area contributed by atoms with E-state index in [1.54, 1.807) is 27.4 Å². The molecule has 7 heteroatoms. The van der Waals surface area contributed by atoms with Crippen LogP contribution in [0.3, 0.4) is 0 Å². The molecule has 0 fully saturated rings. The number of rotatable bonds is 5. The highest BCUT2D eigenvalue weighted by atomic mass is 32.1. The van der Waals surface area contributed by atoms with Gasteiger partial charge in [0.2, 0.25) is 0 Å². The Morgan fingerprint density at radius 3 is 2.10 bits per heavy atom. The Labute approximate surface area is 121 Å². The van der Waals surface area contributed by atoms with Crippen LogP contribution in [0.1, 0.15) is 18.0 Å². The first-order valence-corrected chi connectivity index (χ1v) is 6.81. The van der Waals surface area contributed by atoms with Crippen LogP contribution in [-0.2, 0) is 0 Å². The average molecular weight is 295 g/mol. The molecule has 6 nitrogen and oxygen atoms in total. The number of aromatic nitrogens is 2. The van der Waals surface area contributed by atoms with E-state index in [1.165, 1.54) is 11.3 Å². The van der Waals surface area contributed by atoms with Crippen molar-refractivity contribution < 1.29 is 14.2 Å². The third kappa shape index (κ3) is 2.68. The summed E-state index contributed by atoms with van der Waals surface area (Å²) in [4.78, 5) is 0. The lowest BCUT2D eigenvalue weighted by Crippen LogP contribution is -2.03. The van der Waals surface area contributed by atoms with Gasteiger partial charge in [-0.3, -0.25) is 0 Å². The second-order valence-electron chi connectivity index (χ2n) is 4.14. The number of hydrogen-bond acceptors (Lipinski definition) is 7. The van der Waals surface area contributed by atoms with Crippen molar-refractivity contribution in [1.29, 1.82) is 0 Å². The molecule has 1 aromatic carbocycles. The predicted molar refractivity (Wildman–Crippen MR) is 77.6 cm³/mol. The number of hydrogen-bond donors (Lipinski definition) is 1. The van der Waals surface area contributed by atoms with E-state index < -0.39 is 0 Å². The van der Waals surface area contributed by atoms with Gasteiger partial charge in [-0.2, -0.15) is 0 Å². The molecule has 0 aliphatic heterocycles. The molecule has 1 atom stereocenters. The first-order chi connectivity index (χ1) is 9.60. The summed E-state index contributed by atoms with van der Waals surface area (Å²) >= 11 is 1.43. The molecule has 1 aromatic heterocycles. The molecule has 1 heterocycles. The van der Waals surface area contributed by atoms with Crippen LogP contribution in [0.25, 0.3) is 10.6 Å². The summed E-state index contributed by atoms with van der Waals surface area (Å²) in [6.07, 6.45) is 0. The van der Waals surface area contributed by atoms with E-state index in [0.29, 0.717) is 17.2 Å². The molecule has 2 aromatic rings. The fourth-order valence-electron chi connectivity index (χ4n) is 1.72. The van der Waals surface area contributed by atoms with Gasteiger partial charge in [0.05, 0.1) is 32.9 Å². The zero-order chi connectivity index (χ0) is 14.7. The summed E-state index contributed by atoms with van der Waals surface area (Å²) < 4.78 is 15.9. The van der Waals surface area contributed by atoms with Crippen LogP contribution in [-0.4, -0.2) is 31.5 Å². The fourth-order valence-corrected chi connectivity index (χ4v) is 2.54. The van der Waals surface area contributed by atoms with Gasteiger partial charge in [-0.05, 0) is 13.0 Å². The molecule has 0 saturated heterocycles. The second kappa shape index (κ2) is 6.06. The molecule has 0 spiro atoms. The van der Waals surface area contributed by atoms with Crippen molar-refractivity contribution in [3.63, 3.8) is 0 Å². The maximum Gasteiger partial charge on any atom is 0.164 e. The van der Waals surface area contributed by atoms with E-state index in [2.05, 4.69) is 10.2 Å². The Morgan fingerprint density at radius 2 is 1.60 bits per heavy atom. The lowest BCUT2D eigenvalue weighted by atomic mass is 10.2.